The van der Waals surface area contributed by atoms with Gasteiger partial charge in [0.05, 0.1) is 17.8 Å². The summed E-state index contributed by atoms with van der Waals surface area (Å²) in [5.74, 6) is 0.982. The second-order valence-corrected chi connectivity index (χ2v) is 12.3. The van der Waals surface area contributed by atoms with Gasteiger partial charge in [0, 0.05) is 10.9 Å². The number of hydrogen-bond acceptors (Lipinski definition) is 5. The molecule has 4 aromatic rings. The zero-order chi connectivity index (χ0) is 29.3. The van der Waals surface area contributed by atoms with E-state index in [-0.39, 0.29) is 0 Å². The van der Waals surface area contributed by atoms with Gasteiger partial charge in [0.1, 0.15) is 17.4 Å². The van der Waals surface area contributed by atoms with E-state index in [0.717, 1.165) is 60.1 Å². The first kappa shape index (κ1) is 30.0. The molecule has 0 spiro atoms. The highest BCUT2D eigenvalue weighted by atomic mass is 32.1. The minimum atomic E-state index is -0.837. The highest BCUT2D eigenvalue weighted by Crippen LogP contribution is 2.32. The van der Waals surface area contributed by atoms with Crippen molar-refractivity contribution in [1.82, 2.24) is 9.88 Å². The van der Waals surface area contributed by atoms with E-state index >= 15 is 0 Å². The molecule has 2 heterocycles. The largest absolute Gasteiger partial charge is 0.489 e. The lowest BCUT2D eigenvalue weighted by Gasteiger charge is -2.32. The summed E-state index contributed by atoms with van der Waals surface area (Å²) in [5.41, 5.74) is 6.13. The molecule has 1 N–H and O–H groups in total. The molecule has 1 aromatic heterocycles. The van der Waals surface area contributed by atoms with Crippen LogP contribution in [0.3, 0.4) is 0 Å². The van der Waals surface area contributed by atoms with Gasteiger partial charge >= 0.3 is 5.97 Å². The maximum absolute atomic E-state index is 11.6. The zero-order valence-electron chi connectivity index (χ0n) is 24.8. The number of nitrogens with zero attached hydrogens (tertiary/aromatic N) is 2. The molecule has 0 bridgehead atoms. The van der Waals surface area contributed by atoms with Crippen molar-refractivity contribution >= 4 is 17.3 Å². The highest BCUT2D eigenvalue weighted by Gasteiger charge is 2.24. The van der Waals surface area contributed by atoms with Gasteiger partial charge in [-0.2, -0.15) is 0 Å². The average Bonchev–Trinajstić information content (AvgIpc) is 3.49. The summed E-state index contributed by atoms with van der Waals surface area (Å²) in [7, 11) is 0. The SMILES string of the molecule is CCCC(CCC)c1ccc(COc2ccc(-c3csc(CN4CCC(c5ccccc5C(=O)O)CC4)n3)cc2)cc1. The summed E-state index contributed by atoms with van der Waals surface area (Å²) in [4.78, 5) is 19.0. The third-order valence-electron chi connectivity index (χ3n) is 8.41. The second-order valence-electron chi connectivity index (χ2n) is 11.4. The minimum Gasteiger partial charge on any atom is -0.489 e. The summed E-state index contributed by atoms with van der Waals surface area (Å²) in [6.45, 7) is 7.81. The normalized spacial score (nSPS) is 14.4. The van der Waals surface area contributed by atoms with Crippen molar-refractivity contribution in [2.45, 2.75) is 77.4 Å². The maximum Gasteiger partial charge on any atom is 0.335 e. The van der Waals surface area contributed by atoms with Gasteiger partial charge in [0.25, 0.3) is 0 Å². The lowest BCUT2D eigenvalue weighted by molar-refractivity contribution is 0.0694. The topological polar surface area (TPSA) is 62.7 Å². The summed E-state index contributed by atoms with van der Waals surface area (Å²) < 4.78 is 6.09. The summed E-state index contributed by atoms with van der Waals surface area (Å²) in [6.07, 6.45) is 6.88. The van der Waals surface area contributed by atoms with Crippen molar-refractivity contribution < 1.29 is 14.6 Å². The molecular weight excluding hydrogens is 540 g/mol. The van der Waals surface area contributed by atoms with E-state index in [1.54, 1.807) is 23.5 Å². The predicted octanol–water partition coefficient (Wildman–Crippen LogP) is 9.15. The van der Waals surface area contributed by atoms with Gasteiger partial charge in [-0.25, -0.2) is 9.78 Å². The van der Waals surface area contributed by atoms with Crippen LogP contribution < -0.4 is 4.74 Å². The summed E-state index contributed by atoms with van der Waals surface area (Å²) in [6, 6.07) is 24.6. The molecule has 5 rings (SSSR count). The van der Waals surface area contributed by atoms with Crippen LogP contribution in [0.25, 0.3) is 11.3 Å². The number of carboxylic acids is 1. The van der Waals surface area contributed by atoms with Gasteiger partial charge < -0.3 is 9.84 Å². The molecular formula is C36H42N2O3S. The fourth-order valence-electron chi connectivity index (χ4n) is 6.11. The Labute approximate surface area is 254 Å². The van der Waals surface area contributed by atoms with E-state index in [0.29, 0.717) is 24.0 Å². The van der Waals surface area contributed by atoms with Crippen molar-refractivity contribution in [1.29, 1.82) is 0 Å². The molecule has 0 amide bonds. The van der Waals surface area contributed by atoms with Gasteiger partial charge in [0.2, 0.25) is 0 Å². The average molecular weight is 583 g/mol. The molecule has 42 heavy (non-hydrogen) atoms. The molecule has 5 nitrogen and oxygen atoms in total. The molecule has 0 aliphatic carbocycles. The van der Waals surface area contributed by atoms with Crippen LogP contribution in [-0.4, -0.2) is 34.0 Å². The van der Waals surface area contributed by atoms with E-state index in [1.165, 1.54) is 36.8 Å². The quantitative estimate of drug-likeness (QED) is 0.170. The maximum atomic E-state index is 11.6. The number of piperidine rings is 1. The molecule has 0 saturated carbocycles. The summed E-state index contributed by atoms with van der Waals surface area (Å²) >= 11 is 1.70. The first-order chi connectivity index (χ1) is 20.5. The van der Waals surface area contributed by atoms with Gasteiger partial charge in [0.15, 0.2) is 0 Å². The summed E-state index contributed by atoms with van der Waals surface area (Å²) in [5, 5.41) is 12.8. The Morgan fingerprint density at radius 2 is 1.67 bits per heavy atom. The molecule has 3 aromatic carbocycles. The van der Waals surface area contributed by atoms with Crippen LogP contribution in [0.2, 0.25) is 0 Å². The van der Waals surface area contributed by atoms with E-state index in [9.17, 15) is 9.90 Å². The molecule has 0 atom stereocenters. The van der Waals surface area contributed by atoms with Crippen LogP contribution in [0.5, 0.6) is 5.75 Å². The van der Waals surface area contributed by atoms with Crippen molar-refractivity contribution in [2.75, 3.05) is 13.1 Å². The van der Waals surface area contributed by atoms with Crippen LogP contribution >= 0.6 is 11.3 Å². The van der Waals surface area contributed by atoms with Crippen LogP contribution in [0.15, 0.2) is 78.2 Å². The molecule has 1 fully saturated rings. The Balaban J connectivity index is 1.11. The van der Waals surface area contributed by atoms with E-state index in [2.05, 4.69) is 60.5 Å². The molecule has 220 valence electrons. The van der Waals surface area contributed by atoms with Crippen molar-refractivity contribution in [3.8, 4) is 17.0 Å². The fourth-order valence-corrected chi connectivity index (χ4v) is 6.95. The number of ether oxygens (including phenoxy) is 1. The Kier molecular flexibility index (Phi) is 10.4. The van der Waals surface area contributed by atoms with Crippen molar-refractivity contribution in [2.24, 2.45) is 0 Å². The highest BCUT2D eigenvalue weighted by molar-refractivity contribution is 7.09. The number of carboxylic acid groups (broad SMARTS) is 1. The van der Waals surface area contributed by atoms with Crippen molar-refractivity contribution in [3.63, 3.8) is 0 Å². The number of thiazole rings is 1. The second kappa shape index (κ2) is 14.6. The van der Waals surface area contributed by atoms with Gasteiger partial charge in [-0.15, -0.1) is 11.3 Å². The third-order valence-corrected chi connectivity index (χ3v) is 9.24. The van der Waals surface area contributed by atoms with Crippen molar-refractivity contribution in [3.05, 3.63) is 105 Å². The Bertz CT molecular complexity index is 1420. The minimum absolute atomic E-state index is 0.296. The smallest absolute Gasteiger partial charge is 0.335 e. The van der Waals surface area contributed by atoms with Gasteiger partial charge in [-0.3, -0.25) is 4.90 Å². The number of likely N-dealkylation sites (tertiary alicyclic amines) is 1. The van der Waals surface area contributed by atoms with Crippen LogP contribution in [0, 0.1) is 0 Å². The Morgan fingerprint density at radius 3 is 2.33 bits per heavy atom. The zero-order valence-corrected chi connectivity index (χ0v) is 25.6. The van der Waals surface area contributed by atoms with Gasteiger partial charge in [-0.1, -0.05) is 69.2 Å². The van der Waals surface area contributed by atoms with E-state index in [4.69, 9.17) is 9.72 Å². The number of carbonyl (C=O) groups is 1. The molecule has 6 heteroatoms. The van der Waals surface area contributed by atoms with Crippen LogP contribution in [0.4, 0.5) is 0 Å². The van der Waals surface area contributed by atoms with Crippen LogP contribution in [-0.2, 0) is 13.2 Å². The van der Waals surface area contributed by atoms with Crippen LogP contribution in [0.1, 0.15) is 96.3 Å². The third kappa shape index (κ3) is 7.67. The standard InChI is InChI=1S/C36H42N2O3S/c1-3-7-27(8-4-2)28-13-11-26(12-14-28)24-41-31-17-15-30(16-18-31)34-25-42-35(37-34)23-38-21-19-29(20-22-38)32-9-5-6-10-33(32)36(39)40/h5-6,9-18,25,27,29H,3-4,7-8,19-24H2,1-2H3,(H,39,40). The molecule has 1 aliphatic rings. The number of benzene rings is 3. The monoisotopic (exact) mass is 582 g/mol. The fraction of sp³-hybridized carbons (Fsp3) is 0.389. The molecule has 0 unspecified atom stereocenters. The number of aromatic nitrogens is 1. The molecule has 1 aliphatic heterocycles. The first-order valence-electron chi connectivity index (χ1n) is 15.3. The molecule has 1 saturated heterocycles. The Morgan fingerprint density at radius 1 is 0.976 bits per heavy atom. The number of rotatable bonds is 13. The first-order valence-corrected chi connectivity index (χ1v) is 16.2. The lowest BCUT2D eigenvalue weighted by Crippen LogP contribution is -2.32. The molecule has 0 radical (unpaired) electrons. The van der Waals surface area contributed by atoms with Gasteiger partial charge in [-0.05, 0) is 97.6 Å². The Hall–Kier alpha value is -3.48. The van der Waals surface area contributed by atoms with E-state index in [1.807, 2.05) is 24.3 Å². The number of aromatic carboxylic acids is 1. The predicted molar refractivity (Wildman–Crippen MR) is 172 cm³/mol. The lowest BCUT2D eigenvalue weighted by atomic mass is 9.86. The number of hydrogen-bond donors (Lipinski definition) is 1. The van der Waals surface area contributed by atoms with E-state index < -0.39 is 5.97 Å².